The second-order valence-corrected chi connectivity index (χ2v) is 5.36. The number of rotatable bonds is 6. The summed E-state index contributed by atoms with van der Waals surface area (Å²) in [5.74, 6) is 0. The summed E-state index contributed by atoms with van der Waals surface area (Å²) in [6, 6.07) is 17.2. The van der Waals surface area contributed by atoms with Crippen molar-refractivity contribution in [1.82, 2.24) is 5.06 Å². The Morgan fingerprint density at radius 1 is 1.00 bits per heavy atom. The van der Waals surface area contributed by atoms with Gasteiger partial charge in [0.05, 0.1) is 12.1 Å². The van der Waals surface area contributed by atoms with E-state index in [9.17, 15) is 10.3 Å². The Bertz CT molecular complexity index is 556. The van der Waals surface area contributed by atoms with Gasteiger partial charge in [-0.1, -0.05) is 61.5 Å². The van der Waals surface area contributed by atoms with Crippen LogP contribution in [0.3, 0.4) is 0 Å². The highest BCUT2D eigenvalue weighted by molar-refractivity contribution is 5.29. The van der Waals surface area contributed by atoms with Gasteiger partial charge >= 0.3 is 0 Å². The number of aliphatic hydroxyl groups is 1. The second kappa shape index (κ2) is 7.36. The van der Waals surface area contributed by atoms with Gasteiger partial charge in [-0.25, -0.2) is 0 Å². The van der Waals surface area contributed by atoms with Gasteiger partial charge in [-0.05, 0) is 30.0 Å². The number of aryl methyl sites for hydroxylation is 1. The van der Waals surface area contributed by atoms with Gasteiger partial charge in [-0.15, -0.1) is 0 Å². The first kappa shape index (κ1) is 15.7. The molecule has 0 bridgehead atoms. The van der Waals surface area contributed by atoms with E-state index in [1.807, 2.05) is 68.4 Å². The van der Waals surface area contributed by atoms with E-state index in [4.69, 9.17) is 0 Å². The molecule has 0 aliphatic heterocycles. The van der Waals surface area contributed by atoms with E-state index in [2.05, 4.69) is 0 Å². The SMILES string of the molecule is CCC(O)C(c1ccccc1C)N(O)Cc1ccccc1. The van der Waals surface area contributed by atoms with Crippen LogP contribution >= 0.6 is 0 Å². The van der Waals surface area contributed by atoms with E-state index in [-0.39, 0.29) is 0 Å². The van der Waals surface area contributed by atoms with Crippen LogP contribution in [-0.2, 0) is 6.54 Å². The summed E-state index contributed by atoms with van der Waals surface area (Å²) in [4.78, 5) is 0. The van der Waals surface area contributed by atoms with Crippen LogP contribution in [0.2, 0.25) is 0 Å². The molecule has 0 saturated heterocycles. The molecule has 0 radical (unpaired) electrons. The Balaban J connectivity index is 2.26. The molecule has 2 unspecified atom stereocenters. The Morgan fingerprint density at radius 2 is 1.62 bits per heavy atom. The van der Waals surface area contributed by atoms with Gasteiger partial charge in [-0.2, -0.15) is 5.06 Å². The molecule has 2 aromatic carbocycles. The highest BCUT2D eigenvalue weighted by Gasteiger charge is 2.27. The van der Waals surface area contributed by atoms with Crippen LogP contribution in [0, 0.1) is 6.92 Å². The zero-order valence-corrected chi connectivity index (χ0v) is 12.6. The van der Waals surface area contributed by atoms with Crippen molar-refractivity contribution >= 4 is 0 Å². The van der Waals surface area contributed by atoms with Gasteiger partial charge in [0.15, 0.2) is 0 Å². The van der Waals surface area contributed by atoms with Crippen molar-refractivity contribution in [1.29, 1.82) is 0 Å². The Hall–Kier alpha value is -1.68. The van der Waals surface area contributed by atoms with E-state index in [1.165, 1.54) is 5.06 Å². The van der Waals surface area contributed by atoms with Crippen molar-refractivity contribution in [2.45, 2.75) is 39.0 Å². The fraction of sp³-hybridized carbons (Fsp3) is 0.333. The van der Waals surface area contributed by atoms with E-state index in [0.29, 0.717) is 13.0 Å². The van der Waals surface area contributed by atoms with Crippen LogP contribution < -0.4 is 0 Å². The monoisotopic (exact) mass is 285 g/mol. The molecule has 0 aromatic heterocycles. The van der Waals surface area contributed by atoms with Crippen molar-refractivity contribution < 1.29 is 10.3 Å². The third-order valence-corrected chi connectivity index (χ3v) is 3.80. The predicted molar refractivity (Wildman–Crippen MR) is 84.0 cm³/mol. The fourth-order valence-electron chi connectivity index (χ4n) is 2.58. The van der Waals surface area contributed by atoms with Crippen molar-refractivity contribution in [3.05, 3.63) is 71.3 Å². The summed E-state index contributed by atoms with van der Waals surface area (Å²) >= 11 is 0. The number of aliphatic hydroxyl groups excluding tert-OH is 1. The summed E-state index contributed by atoms with van der Waals surface area (Å²) in [5.41, 5.74) is 3.05. The minimum Gasteiger partial charge on any atom is -0.391 e. The highest BCUT2D eigenvalue weighted by atomic mass is 16.5. The minimum atomic E-state index is -0.611. The van der Waals surface area contributed by atoms with Crippen LogP contribution in [-0.4, -0.2) is 21.5 Å². The first-order chi connectivity index (χ1) is 10.1. The Labute approximate surface area is 126 Å². The van der Waals surface area contributed by atoms with Crippen LogP contribution in [0.1, 0.15) is 36.1 Å². The Morgan fingerprint density at radius 3 is 2.24 bits per heavy atom. The summed E-state index contributed by atoms with van der Waals surface area (Å²) < 4.78 is 0. The lowest BCUT2D eigenvalue weighted by Gasteiger charge is -2.31. The van der Waals surface area contributed by atoms with Crippen LogP contribution in [0.5, 0.6) is 0 Å². The summed E-state index contributed by atoms with van der Waals surface area (Å²) in [6.45, 7) is 4.31. The average molecular weight is 285 g/mol. The highest BCUT2D eigenvalue weighted by Crippen LogP contribution is 2.28. The molecule has 0 fully saturated rings. The topological polar surface area (TPSA) is 43.7 Å². The third kappa shape index (κ3) is 3.91. The van der Waals surface area contributed by atoms with Gasteiger partial charge in [-0.3, -0.25) is 0 Å². The lowest BCUT2D eigenvalue weighted by Crippen LogP contribution is -2.34. The Kier molecular flexibility index (Phi) is 5.51. The number of hydroxylamine groups is 2. The molecular weight excluding hydrogens is 262 g/mol. The molecule has 3 heteroatoms. The zero-order valence-electron chi connectivity index (χ0n) is 12.6. The average Bonchev–Trinajstić information content (AvgIpc) is 2.50. The second-order valence-electron chi connectivity index (χ2n) is 5.36. The molecule has 0 heterocycles. The summed E-state index contributed by atoms with van der Waals surface area (Å²) in [5, 5.41) is 22.1. The maximum atomic E-state index is 10.5. The molecule has 3 nitrogen and oxygen atoms in total. The molecule has 0 spiro atoms. The molecule has 21 heavy (non-hydrogen) atoms. The maximum absolute atomic E-state index is 10.5. The molecule has 0 saturated carbocycles. The number of nitrogens with zero attached hydrogens (tertiary/aromatic N) is 1. The number of hydrogen-bond acceptors (Lipinski definition) is 3. The molecule has 0 aliphatic rings. The fourth-order valence-corrected chi connectivity index (χ4v) is 2.58. The standard InChI is InChI=1S/C18H23NO2/c1-3-17(20)18(16-12-8-7-9-14(16)2)19(21)13-15-10-5-4-6-11-15/h4-12,17-18,20-21H,3,13H2,1-2H3. The molecule has 0 aliphatic carbocycles. The molecule has 2 atom stereocenters. The van der Waals surface area contributed by atoms with E-state index in [0.717, 1.165) is 16.7 Å². The summed E-state index contributed by atoms with van der Waals surface area (Å²) in [7, 11) is 0. The smallest absolute Gasteiger partial charge is 0.0865 e. The van der Waals surface area contributed by atoms with Gasteiger partial charge in [0, 0.05) is 6.54 Å². The van der Waals surface area contributed by atoms with Crippen LogP contribution in [0.15, 0.2) is 54.6 Å². The molecule has 2 rings (SSSR count). The third-order valence-electron chi connectivity index (χ3n) is 3.80. The molecule has 0 amide bonds. The molecular formula is C18H23NO2. The van der Waals surface area contributed by atoms with Crippen molar-refractivity contribution in [2.75, 3.05) is 0 Å². The first-order valence-electron chi connectivity index (χ1n) is 7.36. The molecule has 2 N–H and O–H groups in total. The van der Waals surface area contributed by atoms with Gasteiger partial charge < -0.3 is 10.3 Å². The number of hydrogen-bond donors (Lipinski definition) is 2. The van der Waals surface area contributed by atoms with E-state index < -0.39 is 12.1 Å². The lowest BCUT2D eigenvalue weighted by atomic mass is 9.95. The maximum Gasteiger partial charge on any atom is 0.0865 e. The van der Waals surface area contributed by atoms with Crippen LogP contribution in [0.4, 0.5) is 0 Å². The van der Waals surface area contributed by atoms with Crippen molar-refractivity contribution in [3.8, 4) is 0 Å². The number of benzene rings is 2. The van der Waals surface area contributed by atoms with Crippen molar-refractivity contribution in [2.24, 2.45) is 0 Å². The van der Waals surface area contributed by atoms with Gasteiger partial charge in [0.2, 0.25) is 0 Å². The largest absolute Gasteiger partial charge is 0.391 e. The van der Waals surface area contributed by atoms with Gasteiger partial charge in [0.1, 0.15) is 0 Å². The predicted octanol–water partition coefficient (Wildman–Crippen LogP) is 3.70. The normalized spacial score (nSPS) is 14.1. The van der Waals surface area contributed by atoms with Gasteiger partial charge in [0.25, 0.3) is 0 Å². The molecule has 2 aromatic rings. The van der Waals surface area contributed by atoms with Crippen molar-refractivity contribution in [3.63, 3.8) is 0 Å². The first-order valence-corrected chi connectivity index (χ1v) is 7.36. The van der Waals surface area contributed by atoms with Crippen LogP contribution in [0.25, 0.3) is 0 Å². The molecule has 112 valence electrons. The van der Waals surface area contributed by atoms with E-state index in [1.54, 1.807) is 0 Å². The zero-order chi connectivity index (χ0) is 15.2. The summed E-state index contributed by atoms with van der Waals surface area (Å²) in [6.07, 6.45) is -0.0231. The minimum absolute atomic E-state index is 0.386. The quantitative estimate of drug-likeness (QED) is 0.795. The van der Waals surface area contributed by atoms with E-state index >= 15 is 0 Å². The lowest BCUT2D eigenvalue weighted by molar-refractivity contribution is -0.166.